The van der Waals surface area contributed by atoms with Crippen LogP contribution in [0.5, 0.6) is 5.88 Å². The van der Waals surface area contributed by atoms with E-state index in [2.05, 4.69) is 20.3 Å². The van der Waals surface area contributed by atoms with E-state index in [1.165, 1.54) is 38.8 Å². The molecular formula is C13H21N5O. The van der Waals surface area contributed by atoms with Gasteiger partial charge in [-0.05, 0) is 38.8 Å². The molecule has 0 atom stereocenters. The molecule has 2 fully saturated rings. The van der Waals surface area contributed by atoms with Crippen molar-refractivity contribution in [2.45, 2.75) is 31.6 Å². The van der Waals surface area contributed by atoms with Crippen LogP contribution in [0.4, 0.5) is 5.82 Å². The molecule has 0 unspecified atom stereocenters. The Bertz CT molecular complexity index is 429. The van der Waals surface area contributed by atoms with E-state index in [0.29, 0.717) is 24.2 Å². The first-order chi connectivity index (χ1) is 9.35. The average Bonchev–Trinajstić information content (AvgIpc) is 3.17. The minimum absolute atomic E-state index is 0.495. The summed E-state index contributed by atoms with van der Waals surface area (Å²) in [5.41, 5.74) is 2.58. The standard InChI is InChI=1S/C13H21N5O/c14-17-11-9-12(16-13(15-11)10-3-4-10)19-8-7-18-5-1-2-6-18/h9-10H,1-8,14H2,(H,15,16,17). The normalized spacial score (nSPS) is 19.6. The molecule has 104 valence electrons. The third-order valence-electron chi connectivity index (χ3n) is 3.67. The second kappa shape index (κ2) is 5.71. The van der Waals surface area contributed by atoms with Gasteiger partial charge in [0.1, 0.15) is 18.2 Å². The van der Waals surface area contributed by atoms with Gasteiger partial charge in [0.05, 0.1) is 0 Å². The highest BCUT2D eigenvalue weighted by Crippen LogP contribution is 2.38. The van der Waals surface area contributed by atoms with E-state index >= 15 is 0 Å². The molecule has 0 amide bonds. The number of hydrazine groups is 1. The van der Waals surface area contributed by atoms with Gasteiger partial charge in [0, 0.05) is 18.5 Å². The van der Waals surface area contributed by atoms with Gasteiger partial charge < -0.3 is 10.2 Å². The second-order valence-corrected chi connectivity index (χ2v) is 5.27. The van der Waals surface area contributed by atoms with Gasteiger partial charge >= 0.3 is 0 Å². The SMILES string of the molecule is NNc1cc(OCCN2CCCC2)nc(C2CC2)n1. The highest BCUT2D eigenvalue weighted by atomic mass is 16.5. The molecule has 1 aromatic rings. The minimum Gasteiger partial charge on any atom is -0.476 e. The van der Waals surface area contributed by atoms with Crippen LogP contribution in [0.3, 0.4) is 0 Å². The van der Waals surface area contributed by atoms with E-state index in [4.69, 9.17) is 10.6 Å². The summed E-state index contributed by atoms with van der Waals surface area (Å²) < 4.78 is 5.74. The first-order valence-electron chi connectivity index (χ1n) is 7.06. The number of nitrogens with one attached hydrogen (secondary N) is 1. The summed E-state index contributed by atoms with van der Waals surface area (Å²) in [5.74, 6) is 8.04. The van der Waals surface area contributed by atoms with Crippen molar-refractivity contribution in [3.8, 4) is 5.88 Å². The van der Waals surface area contributed by atoms with Crippen LogP contribution in [0.25, 0.3) is 0 Å². The number of nitrogens with two attached hydrogens (primary N) is 1. The van der Waals surface area contributed by atoms with Crippen molar-refractivity contribution in [1.82, 2.24) is 14.9 Å². The summed E-state index contributed by atoms with van der Waals surface area (Å²) in [7, 11) is 0. The zero-order valence-electron chi connectivity index (χ0n) is 11.1. The zero-order chi connectivity index (χ0) is 13.1. The van der Waals surface area contributed by atoms with Crippen LogP contribution in [-0.4, -0.2) is 41.1 Å². The van der Waals surface area contributed by atoms with Crippen LogP contribution >= 0.6 is 0 Å². The maximum atomic E-state index is 5.74. The maximum absolute atomic E-state index is 5.74. The third-order valence-corrected chi connectivity index (χ3v) is 3.67. The Morgan fingerprint density at radius 3 is 2.79 bits per heavy atom. The Morgan fingerprint density at radius 1 is 1.32 bits per heavy atom. The van der Waals surface area contributed by atoms with Crippen molar-refractivity contribution in [3.63, 3.8) is 0 Å². The summed E-state index contributed by atoms with van der Waals surface area (Å²) in [6, 6.07) is 1.76. The molecule has 1 saturated heterocycles. The second-order valence-electron chi connectivity index (χ2n) is 5.27. The lowest BCUT2D eigenvalue weighted by molar-refractivity contribution is 0.231. The van der Waals surface area contributed by atoms with Crippen LogP contribution in [0.15, 0.2) is 6.07 Å². The van der Waals surface area contributed by atoms with Gasteiger partial charge in [0.2, 0.25) is 5.88 Å². The zero-order valence-corrected chi connectivity index (χ0v) is 11.1. The number of nitrogen functional groups attached to an aromatic ring is 1. The minimum atomic E-state index is 0.495. The highest BCUT2D eigenvalue weighted by Gasteiger charge is 2.27. The molecule has 1 aliphatic heterocycles. The first kappa shape index (κ1) is 12.6. The van der Waals surface area contributed by atoms with Crippen molar-refractivity contribution >= 4 is 5.82 Å². The van der Waals surface area contributed by atoms with Gasteiger partial charge in [-0.1, -0.05) is 0 Å². The fraction of sp³-hybridized carbons (Fsp3) is 0.692. The first-order valence-corrected chi connectivity index (χ1v) is 7.06. The largest absolute Gasteiger partial charge is 0.476 e. The van der Waals surface area contributed by atoms with Crippen molar-refractivity contribution in [2.75, 3.05) is 31.7 Å². The molecule has 0 aromatic carbocycles. The topological polar surface area (TPSA) is 76.3 Å². The van der Waals surface area contributed by atoms with E-state index in [1.807, 2.05) is 0 Å². The van der Waals surface area contributed by atoms with E-state index in [9.17, 15) is 0 Å². The molecule has 2 aliphatic rings. The van der Waals surface area contributed by atoms with Crippen molar-refractivity contribution < 1.29 is 4.74 Å². The molecule has 19 heavy (non-hydrogen) atoms. The summed E-state index contributed by atoms with van der Waals surface area (Å²) in [5, 5.41) is 0. The molecule has 0 bridgehead atoms. The summed E-state index contributed by atoms with van der Waals surface area (Å²) in [6.07, 6.45) is 4.95. The number of rotatable bonds is 6. The molecule has 1 saturated carbocycles. The Hall–Kier alpha value is -1.40. The van der Waals surface area contributed by atoms with Gasteiger partial charge in [0.25, 0.3) is 0 Å². The summed E-state index contributed by atoms with van der Waals surface area (Å²) in [6.45, 7) is 4.02. The third kappa shape index (κ3) is 3.33. The number of ether oxygens (including phenoxy) is 1. The molecule has 6 heteroatoms. The van der Waals surface area contributed by atoms with E-state index in [1.54, 1.807) is 6.07 Å². The van der Waals surface area contributed by atoms with Crippen LogP contribution in [0.1, 0.15) is 37.4 Å². The number of anilines is 1. The lowest BCUT2D eigenvalue weighted by Crippen LogP contribution is -2.25. The number of nitrogens with zero attached hydrogens (tertiary/aromatic N) is 3. The lowest BCUT2D eigenvalue weighted by Gasteiger charge is -2.15. The van der Waals surface area contributed by atoms with E-state index < -0.39 is 0 Å². The van der Waals surface area contributed by atoms with Crippen LogP contribution < -0.4 is 16.0 Å². The fourth-order valence-electron chi connectivity index (χ4n) is 2.40. The smallest absolute Gasteiger partial charge is 0.218 e. The van der Waals surface area contributed by atoms with Crippen molar-refractivity contribution in [1.29, 1.82) is 0 Å². The number of aromatic nitrogens is 2. The molecule has 1 aromatic heterocycles. The van der Waals surface area contributed by atoms with Crippen LogP contribution in [-0.2, 0) is 0 Å². The van der Waals surface area contributed by atoms with E-state index in [-0.39, 0.29) is 0 Å². The molecular weight excluding hydrogens is 242 g/mol. The highest BCUT2D eigenvalue weighted by molar-refractivity contribution is 5.38. The lowest BCUT2D eigenvalue weighted by atomic mass is 10.4. The Labute approximate surface area is 113 Å². The summed E-state index contributed by atoms with van der Waals surface area (Å²) >= 11 is 0. The predicted octanol–water partition coefficient (Wildman–Crippen LogP) is 1.11. The molecule has 3 N–H and O–H groups in total. The monoisotopic (exact) mass is 263 g/mol. The van der Waals surface area contributed by atoms with Crippen LogP contribution in [0, 0.1) is 0 Å². The van der Waals surface area contributed by atoms with Gasteiger partial charge in [0.15, 0.2) is 0 Å². The van der Waals surface area contributed by atoms with Gasteiger partial charge in [-0.25, -0.2) is 10.8 Å². The van der Waals surface area contributed by atoms with Crippen molar-refractivity contribution in [2.24, 2.45) is 5.84 Å². The van der Waals surface area contributed by atoms with Gasteiger partial charge in [-0.2, -0.15) is 4.98 Å². The number of hydrogen-bond acceptors (Lipinski definition) is 6. The molecule has 3 rings (SSSR count). The fourth-order valence-corrected chi connectivity index (χ4v) is 2.40. The quantitative estimate of drug-likeness (QED) is 0.591. The van der Waals surface area contributed by atoms with Crippen LogP contribution in [0.2, 0.25) is 0 Å². The Kier molecular flexibility index (Phi) is 3.79. The summed E-state index contributed by atoms with van der Waals surface area (Å²) in [4.78, 5) is 11.2. The molecule has 0 radical (unpaired) electrons. The molecule has 1 aliphatic carbocycles. The van der Waals surface area contributed by atoms with Crippen molar-refractivity contribution in [3.05, 3.63) is 11.9 Å². The number of likely N-dealkylation sites (tertiary alicyclic amines) is 1. The molecule has 6 nitrogen and oxygen atoms in total. The van der Waals surface area contributed by atoms with Gasteiger partial charge in [-0.15, -0.1) is 0 Å². The number of hydrogen-bond donors (Lipinski definition) is 2. The molecule has 0 spiro atoms. The maximum Gasteiger partial charge on any atom is 0.218 e. The van der Waals surface area contributed by atoms with Gasteiger partial charge in [-0.3, -0.25) is 4.90 Å². The average molecular weight is 263 g/mol. The Morgan fingerprint density at radius 2 is 2.11 bits per heavy atom. The Balaban J connectivity index is 1.57. The molecule has 2 heterocycles. The van der Waals surface area contributed by atoms with E-state index in [0.717, 1.165) is 12.4 Å². The predicted molar refractivity (Wildman–Crippen MR) is 73.0 cm³/mol.